The first-order chi connectivity index (χ1) is 50.0. The summed E-state index contributed by atoms with van der Waals surface area (Å²) < 4.78 is 4.19. The maximum atomic E-state index is 13.9. The molecule has 4 nitrogen and oxygen atoms in total. The van der Waals surface area contributed by atoms with Crippen LogP contribution in [-0.2, 0) is 35.3 Å². The van der Waals surface area contributed by atoms with Crippen LogP contribution in [0, 0.1) is 0 Å². The fourth-order valence-corrected chi connectivity index (χ4v) is 26.7. The van der Waals surface area contributed by atoms with Crippen molar-refractivity contribution in [2.24, 2.45) is 0 Å². The van der Waals surface area contributed by atoms with E-state index in [9.17, 15) is 9.59 Å². The fraction of sp³-hybridized carbons (Fsp3) is 0.558. The van der Waals surface area contributed by atoms with E-state index in [-0.39, 0.29) is 11.8 Å². The predicted molar refractivity (Wildman–Crippen MR) is 474 cm³/mol. The standard InChI is InChI=1S/C86H114N2O2S12/c1-7-13-19-25-31-37-43-61-53-65(57-77-83(89)87(85(91)101-77)51-41-35-29-23-17-11-5)93-79(61)67-47-49-69(95-67)81-63(45-39-33-27-21-15-9-3)55-71(99-81)73-59-75-76(97-73)60-74(98-75)72-56-64(46-40-34-28-22-16-10-4)82(100-72)70-50-48-68(96-70)80-62(44-38-32-26-20-14-8-2)54-66(94-80)58-78-84(90)88(86(92)102-78)52-42-36-30-24-18-12-6/h47-50,53-60H,7-46,51-52H2,1-6H3/b77-57-,78-58+. The number of amides is 2. The first-order valence-corrected chi connectivity index (χ1v) is 48.8. The minimum atomic E-state index is 0.0811. The molecule has 0 unspecified atom stereocenters. The van der Waals surface area contributed by atoms with Crippen LogP contribution in [-0.4, -0.2) is 43.3 Å². The number of nitrogens with zero attached hydrogens (tertiary/aromatic N) is 2. The maximum absolute atomic E-state index is 13.9. The second-order valence-electron chi connectivity index (χ2n) is 28.5. The Hall–Kier alpha value is -2.84. The van der Waals surface area contributed by atoms with Crippen LogP contribution in [0.2, 0.25) is 0 Å². The van der Waals surface area contributed by atoms with Gasteiger partial charge in [0.05, 0.1) is 9.81 Å². The van der Waals surface area contributed by atoms with Crippen LogP contribution >= 0.6 is 139 Å². The molecule has 0 radical (unpaired) electrons. The number of hydrogen-bond acceptors (Lipinski definition) is 14. The highest BCUT2D eigenvalue weighted by molar-refractivity contribution is 8.27. The first-order valence-electron chi connectivity index (χ1n) is 39.8. The molecule has 0 saturated carbocycles. The molecule has 0 atom stereocenters. The van der Waals surface area contributed by atoms with Crippen molar-refractivity contribution in [3.63, 3.8) is 0 Å². The third-order valence-electron chi connectivity index (χ3n) is 20.0. The van der Waals surface area contributed by atoms with E-state index in [2.05, 4.69) is 114 Å². The third kappa shape index (κ3) is 23.6. The zero-order valence-corrected chi connectivity index (χ0v) is 72.0. The van der Waals surface area contributed by atoms with E-state index < -0.39 is 0 Å². The molecule has 2 saturated heterocycles. The number of aryl methyl sites for hydroxylation is 4. The minimum absolute atomic E-state index is 0.0811. The van der Waals surface area contributed by atoms with Gasteiger partial charge in [0.2, 0.25) is 0 Å². The Morgan fingerprint density at radius 2 is 0.559 bits per heavy atom. The monoisotopic (exact) mass is 1590 g/mol. The van der Waals surface area contributed by atoms with Gasteiger partial charge in [-0.25, -0.2) is 0 Å². The minimum Gasteiger partial charge on any atom is -0.293 e. The molecule has 102 heavy (non-hydrogen) atoms. The SMILES string of the molecule is CCCCCCCCc1cc(/C=C2\SC(=S)N(CCCCCCCC)C2=O)sc1-c1ccc(-c2sc(-c3cc4sc(-c5cc(CCCCCCCC)c(-c6ccc(-c7sc(/C=C8/SC(=S)N(CCCCCCCC)C8=O)cc7CCCCCCCC)s6)s5)cc4s3)cc2CCCCCCCC)s1. The van der Waals surface area contributed by atoms with Gasteiger partial charge >= 0.3 is 0 Å². The molecule has 2 fully saturated rings. The number of hydrogen-bond donors (Lipinski definition) is 0. The summed E-state index contributed by atoms with van der Waals surface area (Å²) in [6, 6.07) is 24.6. The lowest BCUT2D eigenvalue weighted by Crippen LogP contribution is -2.28. The zero-order valence-electron chi connectivity index (χ0n) is 62.2. The Balaban J connectivity index is 0.904. The van der Waals surface area contributed by atoms with Crippen molar-refractivity contribution in [1.82, 2.24) is 9.80 Å². The first kappa shape index (κ1) is 81.7. The average Bonchev–Trinajstić information content (AvgIpc) is 1.62. The Labute approximate surface area is 665 Å². The van der Waals surface area contributed by atoms with Crippen molar-refractivity contribution in [2.75, 3.05) is 13.1 Å². The number of unbranched alkanes of at least 4 members (excludes halogenated alkanes) is 30. The highest BCUT2D eigenvalue weighted by atomic mass is 32.2. The summed E-state index contributed by atoms with van der Waals surface area (Å²) in [5.41, 5.74) is 5.84. The van der Waals surface area contributed by atoms with Crippen molar-refractivity contribution in [3.8, 4) is 58.5 Å². The maximum Gasteiger partial charge on any atom is 0.266 e. The molecule has 0 N–H and O–H groups in total. The number of thiophene rings is 8. The van der Waals surface area contributed by atoms with E-state index in [1.54, 1.807) is 0 Å². The van der Waals surface area contributed by atoms with Crippen LogP contribution in [0.1, 0.15) is 305 Å². The summed E-state index contributed by atoms with van der Waals surface area (Å²) >= 11 is 30.3. The molecule has 2 aliphatic rings. The third-order valence-corrected chi connectivity index (χ3v) is 33.0. The quantitative estimate of drug-likeness (QED) is 0.0215. The number of carbonyl (C=O) groups is 2. The summed E-state index contributed by atoms with van der Waals surface area (Å²) in [6.07, 6.45) is 53.7. The number of carbonyl (C=O) groups excluding carboxylic acids is 2. The number of thioether (sulfide) groups is 2. The topological polar surface area (TPSA) is 40.6 Å². The lowest BCUT2D eigenvalue weighted by Gasteiger charge is -2.13. The van der Waals surface area contributed by atoms with Gasteiger partial charge in [-0.1, -0.05) is 282 Å². The molecule has 0 aliphatic carbocycles. The smallest absolute Gasteiger partial charge is 0.266 e. The fourth-order valence-electron chi connectivity index (χ4n) is 14.1. The van der Waals surface area contributed by atoms with Gasteiger partial charge in [-0.15, -0.1) is 90.7 Å². The zero-order chi connectivity index (χ0) is 71.4. The van der Waals surface area contributed by atoms with Crippen molar-refractivity contribution >= 4 is 181 Å². The Morgan fingerprint density at radius 1 is 0.294 bits per heavy atom. The Morgan fingerprint density at radius 3 is 0.873 bits per heavy atom. The lowest BCUT2D eigenvalue weighted by atomic mass is 10.0. The van der Waals surface area contributed by atoms with E-state index >= 15 is 0 Å². The molecule has 0 aromatic carbocycles. The second kappa shape index (κ2) is 44.0. The summed E-state index contributed by atoms with van der Waals surface area (Å²) in [7, 11) is 0. The highest BCUT2D eigenvalue weighted by Crippen LogP contribution is 2.52. The van der Waals surface area contributed by atoms with Gasteiger partial charge in [-0.3, -0.25) is 19.4 Å². The molecule has 0 bridgehead atoms. The molecule has 2 aliphatic heterocycles. The molecule has 16 heteroatoms. The molecule has 2 amide bonds. The van der Waals surface area contributed by atoms with Gasteiger partial charge in [0, 0.05) is 90.8 Å². The van der Waals surface area contributed by atoms with Crippen molar-refractivity contribution in [2.45, 2.75) is 298 Å². The van der Waals surface area contributed by atoms with E-state index in [1.165, 1.54) is 319 Å². The largest absolute Gasteiger partial charge is 0.293 e. The van der Waals surface area contributed by atoms with E-state index in [0.29, 0.717) is 8.64 Å². The van der Waals surface area contributed by atoms with E-state index in [1.807, 2.05) is 100 Å². The molecular formula is C86H114N2O2S12. The average molecular weight is 1590 g/mol. The van der Waals surface area contributed by atoms with Crippen LogP contribution in [0.3, 0.4) is 0 Å². The molecule has 8 aromatic heterocycles. The summed E-state index contributed by atoms with van der Waals surface area (Å²) in [6.45, 7) is 15.2. The predicted octanol–water partition coefficient (Wildman–Crippen LogP) is 32.1. The van der Waals surface area contributed by atoms with E-state index in [0.717, 1.165) is 84.0 Å². The summed E-state index contributed by atoms with van der Waals surface area (Å²) in [5, 5.41) is 0. The lowest BCUT2D eigenvalue weighted by molar-refractivity contribution is -0.123. The van der Waals surface area contributed by atoms with Crippen molar-refractivity contribution in [3.05, 3.63) is 102 Å². The molecule has 10 rings (SSSR count). The number of fused-ring (bicyclic) bond motifs is 1. The van der Waals surface area contributed by atoms with Crippen molar-refractivity contribution < 1.29 is 9.59 Å². The Bertz CT molecular complexity index is 3690. The molecule has 8 aromatic rings. The van der Waals surface area contributed by atoms with Crippen LogP contribution in [0.4, 0.5) is 0 Å². The summed E-state index contributed by atoms with van der Waals surface area (Å²) in [5.74, 6) is 0.162. The van der Waals surface area contributed by atoms with Gasteiger partial charge in [-0.2, -0.15) is 0 Å². The van der Waals surface area contributed by atoms with Gasteiger partial charge < -0.3 is 0 Å². The normalized spacial score (nSPS) is 14.5. The molecular weight excluding hydrogens is 1480 g/mol. The van der Waals surface area contributed by atoms with Gasteiger partial charge in [0.1, 0.15) is 8.64 Å². The molecule has 10 heterocycles. The van der Waals surface area contributed by atoms with Gasteiger partial charge in [-0.05, 0) is 159 Å². The van der Waals surface area contributed by atoms with Gasteiger partial charge in [0.25, 0.3) is 11.8 Å². The number of thiocarbonyl (C=S) groups is 2. The number of rotatable bonds is 50. The molecule has 552 valence electrons. The Kier molecular flexibility index (Phi) is 35.2. The molecule has 0 spiro atoms. The van der Waals surface area contributed by atoms with Crippen LogP contribution in [0.5, 0.6) is 0 Å². The van der Waals surface area contributed by atoms with Crippen molar-refractivity contribution in [1.29, 1.82) is 0 Å². The highest BCUT2D eigenvalue weighted by Gasteiger charge is 2.34. The van der Waals surface area contributed by atoms with Crippen LogP contribution < -0.4 is 0 Å². The van der Waals surface area contributed by atoms with Crippen LogP contribution in [0.25, 0.3) is 80.1 Å². The van der Waals surface area contributed by atoms with E-state index in [4.69, 9.17) is 24.4 Å². The van der Waals surface area contributed by atoms with Crippen LogP contribution in [0.15, 0.2) is 70.5 Å². The second-order valence-corrected chi connectivity index (χ2v) is 40.4. The summed E-state index contributed by atoms with van der Waals surface area (Å²) in [4.78, 5) is 52.0. The van der Waals surface area contributed by atoms with Gasteiger partial charge in [0.15, 0.2) is 0 Å².